The average molecular weight is 373 g/mol. The fraction of sp³-hybridized carbons (Fsp3) is 0.316. The molecule has 0 saturated carbocycles. The van der Waals surface area contributed by atoms with Gasteiger partial charge in [0.25, 0.3) is 5.69 Å². The normalized spacial score (nSPS) is 10.2. The van der Waals surface area contributed by atoms with Crippen molar-refractivity contribution in [2.75, 3.05) is 17.2 Å². The van der Waals surface area contributed by atoms with Gasteiger partial charge < -0.3 is 15.4 Å². The predicted octanol–water partition coefficient (Wildman–Crippen LogP) is 5.15. The molecule has 0 bridgehead atoms. The van der Waals surface area contributed by atoms with Crippen LogP contribution in [-0.2, 0) is 6.42 Å². The summed E-state index contributed by atoms with van der Waals surface area (Å²) in [6.45, 7) is 4.43. The standard InChI is InChI=1S/C19H23N3O3S/c1-3-5-6-14-7-9-15(10-8-14)20-19(26)21-17-12-11-16(25-4-2)13-18(17)22(23)24/h7-13H,3-6H2,1-2H3,(H2,20,21,26). The minimum Gasteiger partial charge on any atom is -0.494 e. The Morgan fingerprint density at radius 2 is 1.88 bits per heavy atom. The molecule has 0 fully saturated rings. The van der Waals surface area contributed by atoms with Crippen LogP contribution in [0.2, 0.25) is 0 Å². The molecule has 0 aromatic heterocycles. The highest BCUT2D eigenvalue weighted by Gasteiger charge is 2.16. The van der Waals surface area contributed by atoms with Crippen molar-refractivity contribution in [1.29, 1.82) is 0 Å². The molecule has 2 aromatic rings. The third kappa shape index (κ3) is 5.70. The van der Waals surface area contributed by atoms with E-state index in [0.29, 0.717) is 23.2 Å². The zero-order chi connectivity index (χ0) is 18.9. The number of nitrogens with zero attached hydrogens (tertiary/aromatic N) is 1. The average Bonchev–Trinajstić information content (AvgIpc) is 2.62. The van der Waals surface area contributed by atoms with Gasteiger partial charge in [-0.1, -0.05) is 25.5 Å². The van der Waals surface area contributed by atoms with Crippen LogP contribution in [0, 0.1) is 10.1 Å². The molecule has 0 amide bonds. The Labute approximate surface area is 158 Å². The summed E-state index contributed by atoms with van der Waals surface area (Å²) in [6.07, 6.45) is 3.38. The Hall–Kier alpha value is -2.67. The van der Waals surface area contributed by atoms with Crippen LogP contribution < -0.4 is 15.4 Å². The molecule has 0 spiro atoms. The van der Waals surface area contributed by atoms with Crippen molar-refractivity contribution in [3.05, 3.63) is 58.1 Å². The SMILES string of the molecule is CCCCc1ccc(NC(=S)Nc2ccc(OCC)cc2[N+](=O)[O-])cc1. The second-order valence-corrected chi connectivity index (χ2v) is 6.16. The third-order valence-corrected chi connectivity index (χ3v) is 3.96. The van der Waals surface area contributed by atoms with Gasteiger partial charge in [0.1, 0.15) is 11.4 Å². The van der Waals surface area contributed by atoms with Gasteiger partial charge in [0.2, 0.25) is 0 Å². The van der Waals surface area contributed by atoms with Gasteiger partial charge in [0.15, 0.2) is 5.11 Å². The van der Waals surface area contributed by atoms with Crippen LogP contribution >= 0.6 is 12.2 Å². The van der Waals surface area contributed by atoms with E-state index in [0.717, 1.165) is 24.9 Å². The third-order valence-electron chi connectivity index (χ3n) is 3.76. The zero-order valence-corrected chi connectivity index (χ0v) is 15.8. The Balaban J connectivity index is 2.04. The summed E-state index contributed by atoms with van der Waals surface area (Å²) in [4.78, 5) is 10.8. The molecule has 138 valence electrons. The van der Waals surface area contributed by atoms with Crippen molar-refractivity contribution in [2.24, 2.45) is 0 Å². The van der Waals surface area contributed by atoms with Gasteiger partial charge >= 0.3 is 0 Å². The fourth-order valence-corrected chi connectivity index (χ4v) is 2.67. The topological polar surface area (TPSA) is 76.4 Å². The number of nitro benzene ring substituents is 1. The van der Waals surface area contributed by atoms with E-state index >= 15 is 0 Å². The first-order chi connectivity index (χ1) is 12.5. The Morgan fingerprint density at radius 3 is 2.50 bits per heavy atom. The summed E-state index contributed by atoms with van der Waals surface area (Å²) in [7, 11) is 0. The molecule has 7 heteroatoms. The summed E-state index contributed by atoms with van der Waals surface area (Å²) in [5, 5.41) is 17.5. The molecule has 26 heavy (non-hydrogen) atoms. The van der Waals surface area contributed by atoms with Gasteiger partial charge in [0, 0.05) is 5.69 Å². The van der Waals surface area contributed by atoms with Crippen molar-refractivity contribution in [3.8, 4) is 5.75 Å². The lowest BCUT2D eigenvalue weighted by molar-refractivity contribution is -0.384. The van der Waals surface area contributed by atoms with Crippen molar-refractivity contribution in [1.82, 2.24) is 0 Å². The number of hydrogen-bond donors (Lipinski definition) is 2. The Bertz CT molecular complexity index is 763. The van der Waals surface area contributed by atoms with Gasteiger partial charge in [-0.25, -0.2) is 0 Å². The molecule has 2 N–H and O–H groups in total. The van der Waals surface area contributed by atoms with E-state index in [9.17, 15) is 10.1 Å². The zero-order valence-electron chi connectivity index (χ0n) is 15.0. The first-order valence-electron chi connectivity index (χ1n) is 8.61. The van der Waals surface area contributed by atoms with Gasteiger partial charge in [-0.15, -0.1) is 0 Å². The van der Waals surface area contributed by atoms with E-state index in [2.05, 4.69) is 29.7 Å². The molecule has 0 radical (unpaired) electrons. The number of ether oxygens (including phenoxy) is 1. The maximum absolute atomic E-state index is 11.3. The second kappa shape index (κ2) is 9.72. The largest absolute Gasteiger partial charge is 0.494 e. The number of anilines is 2. The van der Waals surface area contributed by atoms with Crippen molar-refractivity contribution >= 4 is 34.4 Å². The van der Waals surface area contributed by atoms with E-state index in [1.54, 1.807) is 12.1 Å². The van der Waals surface area contributed by atoms with Crippen molar-refractivity contribution < 1.29 is 9.66 Å². The summed E-state index contributed by atoms with van der Waals surface area (Å²) >= 11 is 5.28. The van der Waals surface area contributed by atoms with Crippen LogP contribution in [0.3, 0.4) is 0 Å². The Kier molecular flexibility index (Phi) is 7.35. The number of benzene rings is 2. The number of unbranched alkanes of at least 4 members (excludes halogenated alkanes) is 1. The maximum atomic E-state index is 11.3. The van der Waals surface area contributed by atoms with Crippen LogP contribution in [0.1, 0.15) is 32.3 Å². The quantitative estimate of drug-likeness (QED) is 0.379. The van der Waals surface area contributed by atoms with Crippen LogP contribution in [0.5, 0.6) is 5.75 Å². The highest BCUT2D eigenvalue weighted by atomic mass is 32.1. The molecular weight excluding hydrogens is 350 g/mol. The van der Waals surface area contributed by atoms with Crippen LogP contribution in [0.25, 0.3) is 0 Å². The molecule has 0 aliphatic carbocycles. The van der Waals surface area contributed by atoms with E-state index < -0.39 is 4.92 Å². The smallest absolute Gasteiger partial charge is 0.296 e. The monoisotopic (exact) mass is 373 g/mol. The predicted molar refractivity (Wildman–Crippen MR) is 109 cm³/mol. The first kappa shape index (κ1) is 19.7. The first-order valence-corrected chi connectivity index (χ1v) is 9.02. The van der Waals surface area contributed by atoms with E-state index in [1.807, 2.05) is 19.1 Å². The van der Waals surface area contributed by atoms with Crippen LogP contribution in [0.15, 0.2) is 42.5 Å². The van der Waals surface area contributed by atoms with Gasteiger partial charge in [0.05, 0.1) is 17.6 Å². The van der Waals surface area contributed by atoms with E-state index in [4.69, 9.17) is 17.0 Å². The van der Waals surface area contributed by atoms with Crippen LogP contribution in [0.4, 0.5) is 17.1 Å². The molecule has 0 atom stereocenters. The van der Waals surface area contributed by atoms with Gasteiger partial charge in [-0.05, 0) is 61.8 Å². The molecule has 0 unspecified atom stereocenters. The summed E-state index contributed by atoms with van der Waals surface area (Å²) in [5.41, 5.74) is 2.33. The van der Waals surface area contributed by atoms with Crippen molar-refractivity contribution in [3.63, 3.8) is 0 Å². The minimum absolute atomic E-state index is 0.0880. The van der Waals surface area contributed by atoms with E-state index in [1.165, 1.54) is 11.6 Å². The summed E-state index contributed by atoms with van der Waals surface area (Å²) in [5.74, 6) is 0.450. The number of aryl methyl sites for hydroxylation is 1. The molecule has 2 aromatic carbocycles. The molecule has 6 nitrogen and oxygen atoms in total. The second-order valence-electron chi connectivity index (χ2n) is 5.75. The van der Waals surface area contributed by atoms with Gasteiger partial charge in [-0.3, -0.25) is 10.1 Å². The number of hydrogen-bond acceptors (Lipinski definition) is 4. The number of thiocarbonyl (C=S) groups is 1. The lowest BCUT2D eigenvalue weighted by Crippen LogP contribution is -2.19. The summed E-state index contributed by atoms with van der Waals surface area (Å²) in [6, 6.07) is 12.7. The Morgan fingerprint density at radius 1 is 1.15 bits per heavy atom. The molecule has 0 aliphatic rings. The molecule has 0 heterocycles. The maximum Gasteiger partial charge on any atom is 0.296 e. The lowest BCUT2D eigenvalue weighted by Gasteiger charge is -2.12. The molecule has 2 rings (SSSR count). The number of nitrogens with one attached hydrogen (secondary N) is 2. The molecule has 0 aliphatic heterocycles. The number of nitro groups is 1. The minimum atomic E-state index is -0.462. The van der Waals surface area contributed by atoms with E-state index in [-0.39, 0.29) is 5.69 Å². The molecular formula is C19H23N3O3S. The highest BCUT2D eigenvalue weighted by molar-refractivity contribution is 7.80. The van der Waals surface area contributed by atoms with Crippen molar-refractivity contribution in [2.45, 2.75) is 33.1 Å². The van der Waals surface area contributed by atoms with Crippen LogP contribution in [-0.4, -0.2) is 16.6 Å². The van der Waals surface area contributed by atoms with Gasteiger partial charge in [-0.2, -0.15) is 0 Å². The highest BCUT2D eigenvalue weighted by Crippen LogP contribution is 2.29. The lowest BCUT2D eigenvalue weighted by atomic mass is 10.1. The fourth-order valence-electron chi connectivity index (χ4n) is 2.44. The number of rotatable bonds is 8. The summed E-state index contributed by atoms with van der Waals surface area (Å²) < 4.78 is 5.31. The molecule has 0 saturated heterocycles.